The summed E-state index contributed by atoms with van der Waals surface area (Å²) in [4.78, 5) is 2.29. The van der Waals surface area contributed by atoms with Crippen LogP contribution in [0.3, 0.4) is 0 Å². The predicted octanol–water partition coefficient (Wildman–Crippen LogP) is 7.31. The van der Waals surface area contributed by atoms with Gasteiger partial charge in [0.1, 0.15) is 4.21 Å². The summed E-state index contributed by atoms with van der Waals surface area (Å²) in [5.74, 6) is 0. The number of nitrogens with one attached hydrogen (secondary N) is 1. The first kappa shape index (κ1) is 25.0. The summed E-state index contributed by atoms with van der Waals surface area (Å²) in [6.45, 7) is 4.45. The van der Waals surface area contributed by atoms with Gasteiger partial charge in [-0.2, -0.15) is 0 Å². The van der Waals surface area contributed by atoms with Gasteiger partial charge in [-0.25, -0.2) is 13.1 Å². The summed E-state index contributed by atoms with van der Waals surface area (Å²) in [6, 6.07) is 20.7. The molecular formula is C26H23Cl3N2O2S2. The van der Waals surface area contributed by atoms with E-state index < -0.39 is 10.0 Å². The highest BCUT2D eigenvalue weighted by atomic mass is 35.5. The highest BCUT2D eigenvalue weighted by molar-refractivity contribution is 7.91. The molecule has 1 aliphatic heterocycles. The van der Waals surface area contributed by atoms with E-state index >= 15 is 0 Å². The van der Waals surface area contributed by atoms with Gasteiger partial charge in [0.05, 0.1) is 12.1 Å². The van der Waals surface area contributed by atoms with Gasteiger partial charge in [-0.05, 0) is 78.4 Å². The minimum atomic E-state index is -3.68. The molecule has 0 saturated carbocycles. The third kappa shape index (κ3) is 4.86. The van der Waals surface area contributed by atoms with Gasteiger partial charge in [-0.15, -0.1) is 11.3 Å². The molecule has 1 saturated heterocycles. The molecule has 9 heteroatoms. The SMILES string of the molecule is Cc1c(S(=O)(=O)N[C@H]2CN(C(c3ccc(Cl)cc3)c3ccc(Cl)cc3)[C@@H]2C)sc2ccc(Cl)cc12. The van der Waals surface area contributed by atoms with Crippen LogP contribution in [0.2, 0.25) is 15.1 Å². The lowest BCUT2D eigenvalue weighted by atomic mass is 9.89. The van der Waals surface area contributed by atoms with Crippen molar-refractivity contribution in [2.45, 2.75) is 36.2 Å². The summed E-state index contributed by atoms with van der Waals surface area (Å²) < 4.78 is 30.9. The lowest BCUT2D eigenvalue weighted by molar-refractivity contribution is 0.0370. The van der Waals surface area contributed by atoms with Crippen LogP contribution < -0.4 is 4.72 Å². The lowest BCUT2D eigenvalue weighted by Crippen LogP contribution is -2.66. The average molecular weight is 566 g/mol. The predicted molar refractivity (Wildman–Crippen MR) is 147 cm³/mol. The first-order valence-electron chi connectivity index (χ1n) is 11.1. The largest absolute Gasteiger partial charge is 0.286 e. The summed E-state index contributed by atoms with van der Waals surface area (Å²) >= 11 is 19.7. The number of hydrogen-bond acceptors (Lipinski definition) is 4. The van der Waals surface area contributed by atoms with Crippen molar-refractivity contribution in [2.75, 3.05) is 6.54 Å². The van der Waals surface area contributed by atoms with E-state index in [9.17, 15) is 8.42 Å². The number of rotatable bonds is 6. The van der Waals surface area contributed by atoms with Crippen molar-refractivity contribution in [3.63, 3.8) is 0 Å². The highest BCUT2D eigenvalue weighted by Crippen LogP contribution is 2.39. The van der Waals surface area contributed by atoms with Crippen LogP contribution in [0.15, 0.2) is 70.9 Å². The number of fused-ring (bicyclic) bond motifs is 1. The van der Waals surface area contributed by atoms with Gasteiger partial charge in [0.2, 0.25) is 0 Å². The van der Waals surface area contributed by atoms with Crippen LogP contribution in [-0.2, 0) is 10.0 Å². The number of nitrogens with zero attached hydrogens (tertiary/aromatic N) is 1. The second-order valence-electron chi connectivity index (χ2n) is 8.83. The molecule has 1 aliphatic rings. The quantitative estimate of drug-likeness (QED) is 0.267. The molecule has 2 heterocycles. The Kier molecular flexibility index (Phi) is 6.92. The fourth-order valence-corrected chi connectivity index (χ4v) is 8.15. The Labute approximate surface area is 224 Å². The zero-order chi connectivity index (χ0) is 24.9. The van der Waals surface area contributed by atoms with Crippen molar-refractivity contribution in [1.82, 2.24) is 9.62 Å². The van der Waals surface area contributed by atoms with Crippen LogP contribution in [0.1, 0.15) is 29.7 Å². The summed E-state index contributed by atoms with van der Waals surface area (Å²) in [7, 11) is -3.68. The molecule has 4 nitrogen and oxygen atoms in total. The van der Waals surface area contributed by atoms with Crippen molar-refractivity contribution in [3.8, 4) is 0 Å². The van der Waals surface area contributed by atoms with Gasteiger partial charge < -0.3 is 0 Å². The maximum absolute atomic E-state index is 13.4. The van der Waals surface area contributed by atoms with E-state index in [0.717, 1.165) is 26.8 Å². The molecule has 1 aromatic heterocycles. The van der Waals surface area contributed by atoms with Gasteiger partial charge >= 0.3 is 0 Å². The van der Waals surface area contributed by atoms with Gasteiger partial charge in [-0.3, -0.25) is 4.90 Å². The molecule has 182 valence electrons. The molecule has 1 fully saturated rings. The van der Waals surface area contributed by atoms with Crippen molar-refractivity contribution in [2.24, 2.45) is 0 Å². The second-order valence-corrected chi connectivity index (χ2v) is 13.1. The highest BCUT2D eigenvalue weighted by Gasteiger charge is 2.43. The zero-order valence-corrected chi connectivity index (χ0v) is 22.9. The third-order valence-corrected chi connectivity index (χ3v) is 10.7. The second kappa shape index (κ2) is 9.67. The monoisotopic (exact) mass is 564 g/mol. The van der Waals surface area contributed by atoms with Crippen molar-refractivity contribution >= 4 is 66.2 Å². The van der Waals surface area contributed by atoms with E-state index in [-0.39, 0.29) is 18.1 Å². The Morgan fingerprint density at radius 1 is 0.914 bits per heavy atom. The number of benzene rings is 3. The molecule has 0 aliphatic carbocycles. The fourth-order valence-electron chi connectivity index (χ4n) is 4.66. The van der Waals surface area contributed by atoms with E-state index in [1.54, 1.807) is 6.07 Å². The number of hydrogen-bond donors (Lipinski definition) is 1. The Morgan fingerprint density at radius 3 is 2.00 bits per heavy atom. The molecule has 4 aromatic rings. The fraction of sp³-hybridized carbons (Fsp3) is 0.231. The van der Waals surface area contributed by atoms with E-state index in [1.807, 2.05) is 74.5 Å². The Bertz CT molecular complexity index is 1440. The molecule has 0 spiro atoms. The van der Waals surface area contributed by atoms with E-state index in [2.05, 4.69) is 9.62 Å². The topological polar surface area (TPSA) is 49.4 Å². The number of aryl methyl sites for hydroxylation is 1. The van der Waals surface area contributed by atoms with Crippen molar-refractivity contribution in [3.05, 3.63) is 98.5 Å². The number of thiophene rings is 1. The molecule has 0 radical (unpaired) electrons. The third-order valence-electron chi connectivity index (χ3n) is 6.62. The van der Waals surface area contributed by atoms with Crippen LogP contribution in [0.4, 0.5) is 0 Å². The Balaban J connectivity index is 1.40. The normalized spacial score (nSPS) is 18.8. The lowest BCUT2D eigenvalue weighted by Gasteiger charge is -2.50. The summed E-state index contributed by atoms with van der Waals surface area (Å²) in [5.41, 5.74) is 2.90. The first-order chi connectivity index (χ1) is 16.6. The zero-order valence-electron chi connectivity index (χ0n) is 19.0. The van der Waals surface area contributed by atoms with E-state index in [0.29, 0.717) is 25.8 Å². The molecule has 3 aromatic carbocycles. The Morgan fingerprint density at radius 2 is 1.46 bits per heavy atom. The minimum Gasteiger partial charge on any atom is -0.286 e. The van der Waals surface area contributed by atoms with Gasteiger partial charge in [0.25, 0.3) is 10.0 Å². The first-order valence-corrected chi connectivity index (χ1v) is 14.5. The van der Waals surface area contributed by atoms with Gasteiger partial charge in [-0.1, -0.05) is 59.1 Å². The maximum Gasteiger partial charge on any atom is 0.250 e. The van der Waals surface area contributed by atoms with Crippen LogP contribution in [0, 0.1) is 6.92 Å². The van der Waals surface area contributed by atoms with Crippen LogP contribution >= 0.6 is 46.1 Å². The summed E-state index contributed by atoms with van der Waals surface area (Å²) in [6.07, 6.45) is 0. The van der Waals surface area contributed by atoms with Gasteiger partial charge in [0, 0.05) is 32.4 Å². The standard InChI is InChI=1S/C26H23Cl3N2O2S2/c1-15-22-13-21(29)11-12-24(22)34-26(15)35(32,33)30-23-14-31(16(23)2)25(17-3-7-19(27)8-4-17)18-5-9-20(28)10-6-18/h3-13,16,23,25,30H,14H2,1-2H3/t16-,23+/m1/s1. The molecule has 0 bridgehead atoms. The maximum atomic E-state index is 13.4. The van der Waals surface area contributed by atoms with Crippen molar-refractivity contribution in [1.29, 1.82) is 0 Å². The average Bonchev–Trinajstić information content (AvgIpc) is 3.16. The van der Waals surface area contributed by atoms with Crippen LogP contribution in [-0.4, -0.2) is 31.9 Å². The molecule has 2 atom stereocenters. The minimum absolute atomic E-state index is 0.0229. The van der Waals surface area contributed by atoms with Crippen LogP contribution in [0.25, 0.3) is 10.1 Å². The molecule has 35 heavy (non-hydrogen) atoms. The van der Waals surface area contributed by atoms with E-state index in [4.69, 9.17) is 34.8 Å². The van der Waals surface area contributed by atoms with Crippen LogP contribution in [0.5, 0.6) is 0 Å². The molecule has 0 unspecified atom stereocenters. The van der Waals surface area contributed by atoms with Gasteiger partial charge in [0.15, 0.2) is 0 Å². The Hall–Kier alpha value is -1.64. The smallest absolute Gasteiger partial charge is 0.250 e. The number of likely N-dealkylation sites (tertiary alicyclic amines) is 1. The molecular weight excluding hydrogens is 543 g/mol. The molecule has 5 rings (SSSR count). The van der Waals surface area contributed by atoms with E-state index in [1.165, 1.54) is 11.3 Å². The molecule has 0 amide bonds. The number of halogens is 3. The van der Waals surface area contributed by atoms with Crippen molar-refractivity contribution < 1.29 is 8.42 Å². The number of sulfonamides is 1. The summed E-state index contributed by atoms with van der Waals surface area (Å²) in [5, 5.41) is 2.81. The molecule has 1 N–H and O–H groups in total.